The molecule has 2 N–H and O–H groups in total. The van der Waals surface area contributed by atoms with E-state index >= 15 is 0 Å². The number of ether oxygens (including phenoxy) is 1. The predicted molar refractivity (Wildman–Crippen MR) is 113 cm³/mol. The molecule has 5 nitrogen and oxygen atoms in total. The third-order valence-corrected chi connectivity index (χ3v) is 5.45. The summed E-state index contributed by atoms with van der Waals surface area (Å²) in [7, 11) is 1.64. The van der Waals surface area contributed by atoms with Crippen LogP contribution in [0, 0.1) is 6.92 Å². The van der Waals surface area contributed by atoms with Crippen molar-refractivity contribution >= 4 is 17.7 Å². The Kier molecular flexibility index (Phi) is 6.76. The number of imidazole rings is 1. The van der Waals surface area contributed by atoms with Crippen molar-refractivity contribution in [2.45, 2.75) is 37.2 Å². The first-order valence-corrected chi connectivity index (χ1v) is 10.1. The second-order valence-electron chi connectivity index (χ2n) is 6.60. The normalized spacial score (nSPS) is 11.8. The standard InChI is InChI=1S/C22H25N3O2S/c1-15-20(13-17-7-5-4-6-8-17)25-22(24-15)28-16(2)21(26)23-14-18-9-11-19(27-3)12-10-18/h4-12,16H,13-14H2,1-3H3,(H,23,26)(H,24,25). The van der Waals surface area contributed by atoms with Crippen LogP contribution in [-0.2, 0) is 17.8 Å². The van der Waals surface area contributed by atoms with Crippen LogP contribution in [0.4, 0.5) is 0 Å². The van der Waals surface area contributed by atoms with Gasteiger partial charge in [0.15, 0.2) is 5.16 Å². The van der Waals surface area contributed by atoms with Gasteiger partial charge in [-0.2, -0.15) is 0 Å². The smallest absolute Gasteiger partial charge is 0.233 e. The average Bonchev–Trinajstić information content (AvgIpc) is 3.05. The Hall–Kier alpha value is -2.73. The Morgan fingerprint density at radius 3 is 2.54 bits per heavy atom. The number of carbonyl (C=O) groups is 1. The highest BCUT2D eigenvalue weighted by atomic mass is 32.2. The highest BCUT2D eigenvalue weighted by Crippen LogP contribution is 2.23. The van der Waals surface area contributed by atoms with Gasteiger partial charge in [0.1, 0.15) is 5.75 Å². The van der Waals surface area contributed by atoms with Crippen LogP contribution >= 0.6 is 11.8 Å². The van der Waals surface area contributed by atoms with Crippen LogP contribution in [-0.4, -0.2) is 28.2 Å². The maximum atomic E-state index is 12.4. The average molecular weight is 396 g/mol. The molecule has 0 spiro atoms. The molecule has 1 aromatic heterocycles. The van der Waals surface area contributed by atoms with Gasteiger partial charge in [0.25, 0.3) is 0 Å². The second-order valence-corrected chi connectivity index (χ2v) is 7.93. The number of rotatable bonds is 8. The highest BCUT2D eigenvalue weighted by Gasteiger charge is 2.17. The van der Waals surface area contributed by atoms with Crippen molar-refractivity contribution in [3.05, 3.63) is 77.1 Å². The number of aryl methyl sites for hydroxylation is 1. The summed E-state index contributed by atoms with van der Waals surface area (Å²) >= 11 is 1.44. The van der Waals surface area contributed by atoms with Gasteiger partial charge in [-0.15, -0.1) is 0 Å². The third kappa shape index (κ3) is 5.39. The molecule has 1 unspecified atom stereocenters. The molecule has 3 rings (SSSR count). The van der Waals surface area contributed by atoms with Gasteiger partial charge < -0.3 is 15.0 Å². The van der Waals surface area contributed by atoms with Gasteiger partial charge in [0.05, 0.1) is 18.1 Å². The van der Waals surface area contributed by atoms with Gasteiger partial charge in [0.2, 0.25) is 5.91 Å². The summed E-state index contributed by atoms with van der Waals surface area (Å²) in [4.78, 5) is 20.4. The Labute approximate surface area is 169 Å². The molecule has 2 aromatic carbocycles. The number of aromatic amines is 1. The number of hydrogen-bond acceptors (Lipinski definition) is 4. The van der Waals surface area contributed by atoms with Crippen LogP contribution in [0.15, 0.2) is 59.8 Å². The number of H-pyrrole nitrogens is 1. The molecular formula is C22H25N3O2S. The summed E-state index contributed by atoms with van der Waals surface area (Å²) < 4.78 is 5.15. The number of hydrogen-bond donors (Lipinski definition) is 2. The van der Waals surface area contributed by atoms with Gasteiger partial charge in [-0.05, 0) is 37.1 Å². The van der Waals surface area contributed by atoms with E-state index in [1.165, 1.54) is 17.3 Å². The van der Waals surface area contributed by atoms with Gasteiger partial charge in [-0.1, -0.05) is 54.2 Å². The molecule has 146 valence electrons. The van der Waals surface area contributed by atoms with Gasteiger partial charge in [-0.25, -0.2) is 4.98 Å². The van der Waals surface area contributed by atoms with Crippen molar-refractivity contribution in [2.75, 3.05) is 7.11 Å². The summed E-state index contributed by atoms with van der Waals surface area (Å²) in [5.74, 6) is 0.790. The molecule has 1 atom stereocenters. The molecule has 0 saturated heterocycles. The van der Waals surface area contributed by atoms with Crippen LogP contribution in [0.2, 0.25) is 0 Å². The fraction of sp³-hybridized carbons (Fsp3) is 0.273. The lowest BCUT2D eigenvalue weighted by Crippen LogP contribution is -2.30. The minimum atomic E-state index is -0.242. The molecule has 1 heterocycles. The monoisotopic (exact) mass is 395 g/mol. The highest BCUT2D eigenvalue weighted by molar-refractivity contribution is 8.00. The molecule has 0 bridgehead atoms. The lowest BCUT2D eigenvalue weighted by atomic mass is 10.1. The fourth-order valence-electron chi connectivity index (χ4n) is 2.78. The Morgan fingerprint density at radius 1 is 1.14 bits per heavy atom. The van der Waals surface area contributed by atoms with Crippen LogP contribution in [0.25, 0.3) is 0 Å². The maximum Gasteiger partial charge on any atom is 0.233 e. The fourth-order valence-corrected chi connectivity index (χ4v) is 3.68. The van der Waals surface area contributed by atoms with Gasteiger partial charge in [0, 0.05) is 18.7 Å². The maximum absolute atomic E-state index is 12.4. The van der Waals surface area contributed by atoms with Crippen LogP contribution < -0.4 is 10.1 Å². The quantitative estimate of drug-likeness (QED) is 0.563. The first-order chi connectivity index (χ1) is 13.5. The largest absolute Gasteiger partial charge is 0.497 e. The number of methoxy groups -OCH3 is 1. The summed E-state index contributed by atoms with van der Waals surface area (Å²) in [6, 6.07) is 17.9. The zero-order valence-electron chi connectivity index (χ0n) is 16.4. The molecular weight excluding hydrogens is 370 g/mol. The summed E-state index contributed by atoms with van der Waals surface area (Å²) in [5.41, 5.74) is 4.31. The van der Waals surface area contributed by atoms with E-state index in [4.69, 9.17) is 4.74 Å². The Bertz CT molecular complexity index is 907. The van der Waals surface area contributed by atoms with E-state index < -0.39 is 0 Å². The molecule has 0 radical (unpaired) electrons. The van der Waals surface area contributed by atoms with E-state index in [2.05, 4.69) is 27.4 Å². The molecule has 0 aliphatic carbocycles. The number of nitrogens with zero attached hydrogens (tertiary/aromatic N) is 1. The number of carbonyl (C=O) groups excluding carboxylic acids is 1. The minimum absolute atomic E-state index is 0.0144. The molecule has 0 saturated carbocycles. The number of aromatic nitrogens is 2. The van der Waals surface area contributed by atoms with Crippen LogP contribution in [0.3, 0.4) is 0 Å². The SMILES string of the molecule is COc1ccc(CNC(=O)C(C)Sc2nc(Cc3ccccc3)c(C)[nH]2)cc1. The molecule has 0 fully saturated rings. The molecule has 0 aliphatic heterocycles. The van der Waals surface area contributed by atoms with Crippen LogP contribution in [0.1, 0.15) is 29.4 Å². The van der Waals surface area contributed by atoms with Gasteiger partial charge >= 0.3 is 0 Å². The second kappa shape index (κ2) is 9.46. The topological polar surface area (TPSA) is 67.0 Å². The van der Waals surface area contributed by atoms with Crippen LogP contribution in [0.5, 0.6) is 5.75 Å². The summed E-state index contributed by atoms with van der Waals surface area (Å²) in [6.07, 6.45) is 0.780. The lowest BCUT2D eigenvalue weighted by Gasteiger charge is -2.11. The van der Waals surface area contributed by atoms with E-state index in [0.717, 1.165) is 34.3 Å². The van der Waals surface area contributed by atoms with Crippen molar-refractivity contribution < 1.29 is 9.53 Å². The minimum Gasteiger partial charge on any atom is -0.497 e. The number of amides is 1. The first-order valence-electron chi connectivity index (χ1n) is 9.22. The number of thioether (sulfide) groups is 1. The zero-order valence-corrected chi connectivity index (χ0v) is 17.2. The predicted octanol–water partition coefficient (Wildman–Crippen LogP) is 4.11. The van der Waals surface area contributed by atoms with Crippen molar-refractivity contribution in [3.63, 3.8) is 0 Å². The van der Waals surface area contributed by atoms with E-state index in [1.54, 1.807) is 7.11 Å². The molecule has 3 aromatic rings. The number of benzene rings is 2. The summed E-state index contributed by atoms with van der Waals surface area (Å²) in [5, 5.41) is 3.51. The van der Waals surface area contributed by atoms with Crippen molar-refractivity contribution in [1.29, 1.82) is 0 Å². The zero-order chi connectivity index (χ0) is 19.9. The lowest BCUT2D eigenvalue weighted by molar-refractivity contribution is -0.120. The molecule has 0 aliphatic rings. The van der Waals surface area contributed by atoms with E-state index in [1.807, 2.05) is 56.3 Å². The van der Waals surface area contributed by atoms with Crippen molar-refractivity contribution in [2.24, 2.45) is 0 Å². The van der Waals surface area contributed by atoms with Crippen molar-refractivity contribution in [3.8, 4) is 5.75 Å². The number of nitrogens with one attached hydrogen (secondary N) is 2. The first kappa shape index (κ1) is 20.0. The third-order valence-electron chi connectivity index (χ3n) is 4.46. The molecule has 28 heavy (non-hydrogen) atoms. The Balaban J connectivity index is 1.54. The summed E-state index contributed by atoms with van der Waals surface area (Å²) in [6.45, 7) is 4.40. The Morgan fingerprint density at radius 2 is 1.86 bits per heavy atom. The molecule has 1 amide bonds. The van der Waals surface area contributed by atoms with E-state index in [-0.39, 0.29) is 11.2 Å². The van der Waals surface area contributed by atoms with E-state index in [9.17, 15) is 4.79 Å². The van der Waals surface area contributed by atoms with E-state index in [0.29, 0.717) is 6.54 Å². The van der Waals surface area contributed by atoms with Gasteiger partial charge in [-0.3, -0.25) is 4.79 Å². The molecule has 6 heteroatoms. The van der Waals surface area contributed by atoms with Crippen molar-refractivity contribution in [1.82, 2.24) is 15.3 Å².